The highest BCUT2D eigenvalue weighted by molar-refractivity contribution is 6.30. The van der Waals surface area contributed by atoms with Crippen molar-refractivity contribution in [2.75, 3.05) is 18.1 Å². The summed E-state index contributed by atoms with van der Waals surface area (Å²) in [5.74, 6) is 0.704. The van der Waals surface area contributed by atoms with Gasteiger partial charge in [-0.25, -0.2) is 9.97 Å². The zero-order chi connectivity index (χ0) is 13.0. The minimum atomic E-state index is -0.169. The van der Waals surface area contributed by atoms with Crippen molar-refractivity contribution in [1.29, 1.82) is 0 Å². The molecule has 6 heteroatoms. The monoisotopic (exact) mass is 271 g/mol. The van der Waals surface area contributed by atoms with Gasteiger partial charge in [0.25, 0.3) is 0 Å². The van der Waals surface area contributed by atoms with Crippen LogP contribution in [0.15, 0.2) is 6.33 Å². The Labute approximate surface area is 111 Å². The number of hydrogen-bond donors (Lipinski definition) is 2. The van der Waals surface area contributed by atoms with E-state index in [1.54, 1.807) is 0 Å². The molecule has 0 spiro atoms. The maximum Gasteiger partial charge on any atom is 0.140 e. The van der Waals surface area contributed by atoms with Crippen LogP contribution >= 0.6 is 11.6 Å². The zero-order valence-electron chi connectivity index (χ0n) is 10.2. The third-order valence-corrected chi connectivity index (χ3v) is 3.70. The Morgan fingerprint density at radius 3 is 2.67 bits per heavy atom. The highest BCUT2D eigenvalue weighted by atomic mass is 35.5. The standard InChI is InChI=1S/C12H18ClN3O2/c13-11-10(7-18)12(15-8-14-11)16(5-2-6-17)9-3-1-4-9/h8-9,17-18H,1-7H2. The number of rotatable bonds is 6. The van der Waals surface area contributed by atoms with Crippen LogP contribution in [-0.4, -0.2) is 39.4 Å². The molecule has 1 aromatic heterocycles. The second-order valence-corrected chi connectivity index (χ2v) is 4.84. The topological polar surface area (TPSA) is 69.5 Å². The molecule has 0 aliphatic heterocycles. The molecule has 1 aliphatic carbocycles. The molecule has 2 rings (SSSR count). The van der Waals surface area contributed by atoms with Crippen LogP contribution in [0.4, 0.5) is 5.82 Å². The van der Waals surface area contributed by atoms with E-state index >= 15 is 0 Å². The second-order valence-electron chi connectivity index (χ2n) is 4.48. The molecule has 18 heavy (non-hydrogen) atoms. The van der Waals surface area contributed by atoms with E-state index in [-0.39, 0.29) is 13.2 Å². The minimum Gasteiger partial charge on any atom is -0.396 e. The Kier molecular flexibility index (Phi) is 4.74. The predicted octanol–water partition coefficient (Wildman–Crippen LogP) is 1.36. The number of nitrogens with zero attached hydrogens (tertiary/aromatic N) is 3. The van der Waals surface area contributed by atoms with Gasteiger partial charge in [0.2, 0.25) is 0 Å². The molecule has 0 radical (unpaired) electrons. The van der Waals surface area contributed by atoms with Gasteiger partial charge in [-0.3, -0.25) is 0 Å². The van der Waals surface area contributed by atoms with E-state index < -0.39 is 0 Å². The summed E-state index contributed by atoms with van der Waals surface area (Å²) in [5.41, 5.74) is 0.573. The molecule has 1 fully saturated rings. The first-order valence-corrected chi connectivity index (χ1v) is 6.63. The van der Waals surface area contributed by atoms with E-state index in [0.29, 0.717) is 29.0 Å². The van der Waals surface area contributed by atoms with Gasteiger partial charge >= 0.3 is 0 Å². The Balaban J connectivity index is 2.25. The summed E-state index contributed by atoms with van der Waals surface area (Å²) in [4.78, 5) is 10.3. The van der Waals surface area contributed by atoms with Crippen molar-refractivity contribution in [3.8, 4) is 0 Å². The van der Waals surface area contributed by atoms with E-state index in [4.69, 9.17) is 16.7 Å². The van der Waals surface area contributed by atoms with Crippen LogP contribution in [0, 0.1) is 0 Å². The number of aliphatic hydroxyl groups is 2. The zero-order valence-corrected chi connectivity index (χ0v) is 11.0. The predicted molar refractivity (Wildman–Crippen MR) is 69.7 cm³/mol. The lowest BCUT2D eigenvalue weighted by Crippen LogP contribution is -2.42. The summed E-state index contributed by atoms with van der Waals surface area (Å²) < 4.78 is 0. The Hall–Kier alpha value is -0.910. The van der Waals surface area contributed by atoms with Crippen molar-refractivity contribution in [3.05, 3.63) is 17.0 Å². The van der Waals surface area contributed by atoms with Crippen molar-refractivity contribution in [2.45, 2.75) is 38.3 Å². The minimum absolute atomic E-state index is 0.149. The van der Waals surface area contributed by atoms with E-state index in [1.807, 2.05) is 0 Å². The third-order valence-electron chi connectivity index (χ3n) is 3.37. The van der Waals surface area contributed by atoms with Crippen LogP contribution in [0.1, 0.15) is 31.2 Å². The molecule has 2 N–H and O–H groups in total. The normalized spacial score (nSPS) is 15.5. The first-order valence-electron chi connectivity index (χ1n) is 6.25. The molecule has 0 bridgehead atoms. The van der Waals surface area contributed by atoms with E-state index in [9.17, 15) is 5.11 Å². The van der Waals surface area contributed by atoms with Gasteiger partial charge in [-0.15, -0.1) is 0 Å². The van der Waals surface area contributed by atoms with Gasteiger partial charge in [-0.2, -0.15) is 0 Å². The van der Waals surface area contributed by atoms with Crippen molar-refractivity contribution in [3.63, 3.8) is 0 Å². The SMILES string of the molecule is OCCCN(c1ncnc(Cl)c1CO)C1CCC1. The number of hydrogen-bond acceptors (Lipinski definition) is 5. The van der Waals surface area contributed by atoms with Gasteiger partial charge in [-0.1, -0.05) is 11.6 Å². The highest BCUT2D eigenvalue weighted by Gasteiger charge is 2.27. The first kappa shape index (κ1) is 13.5. The highest BCUT2D eigenvalue weighted by Crippen LogP contribution is 2.32. The lowest BCUT2D eigenvalue weighted by molar-refractivity contribution is 0.276. The molecule has 0 atom stereocenters. The fourth-order valence-corrected chi connectivity index (χ4v) is 2.35. The lowest BCUT2D eigenvalue weighted by atomic mass is 9.91. The molecule has 1 saturated carbocycles. The fourth-order valence-electron chi connectivity index (χ4n) is 2.17. The summed E-state index contributed by atoms with van der Waals surface area (Å²) in [6.45, 7) is 0.704. The quantitative estimate of drug-likeness (QED) is 0.765. The fraction of sp³-hybridized carbons (Fsp3) is 0.667. The molecule has 100 valence electrons. The molecule has 0 saturated heterocycles. The van der Waals surface area contributed by atoms with Gasteiger partial charge in [0.1, 0.15) is 17.3 Å². The summed E-state index contributed by atoms with van der Waals surface area (Å²) >= 11 is 5.99. The van der Waals surface area contributed by atoms with Crippen molar-refractivity contribution >= 4 is 17.4 Å². The lowest BCUT2D eigenvalue weighted by Gasteiger charge is -2.39. The van der Waals surface area contributed by atoms with E-state index in [0.717, 1.165) is 19.4 Å². The van der Waals surface area contributed by atoms with Gasteiger partial charge in [0, 0.05) is 19.2 Å². The number of halogens is 1. The van der Waals surface area contributed by atoms with Crippen LogP contribution in [0.25, 0.3) is 0 Å². The largest absolute Gasteiger partial charge is 0.396 e. The maximum atomic E-state index is 9.41. The summed E-state index contributed by atoms with van der Waals surface area (Å²) in [6.07, 6.45) is 5.56. The van der Waals surface area contributed by atoms with Crippen molar-refractivity contribution < 1.29 is 10.2 Å². The first-order chi connectivity index (χ1) is 8.77. The maximum absolute atomic E-state index is 9.41. The average molecular weight is 272 g/mol. The van der Waals surface area contributed by atoms with Crippen LogP contribution < -0.4 is 4.90 Å². The van der Waals surface area contributed by atoms with Gasteiger partial charge < -0.3 is 15.1 Å². The van der Waals surface area contributed by atoms with Gasteiger partial charge in [0.15, 0.2) is 0 Å². The number of anilines is 1. The molecular weight excluding hydrogens is 254 g/mol. The van der Waals surface area contributed by atoms with Crippen LogP contribution in [0.2, 0.25) is 5.15 Å². The number of aliphatic hydroxyl groups excluding tert-OH is 2. The molecule has 1 aromatic rings. The molecule has 0 amide bonds. The van der Waals surface area contributed by atoms with E-state index in [1.165, 1.54) is 12.7 Å². The van der Waals surface area contributed by atoms with Crippen molar-refractivity contribution in [1.82, 2.24) is 9.97 Å². The van der Waals surface area contributed by atoms with E-state index in [2.05, 4.69) is 14.9 Å². The average Bonchev–Trinajstić information content (AvgIpc) is 2.31. The summed E-state index contributed by atoms with van der Waals surface area (Å²) in [6, 6.07) is 0.438. The Morgan fingerprint density at radius 1 is 1.33 bits per heavy atom. The molecule has 0 unspecified atom stereocenters. The second kappa shape index (κ2) is 6.31. The van der Waals surface area contributed by atoms with Gasteiger partial charge in [-0.05, 0) is 25.7 Å². The Morgan fingerprint density at radius 2 is 2.11 bits per heavy atom. The molecule has 1 heterocycles. The van der Waals surface area contributed by atoms with Gasteiger partial charge in [0.05, 0.1) is 12.2 Å². The third kappa shape index (κ3) is 2.74. The van der Waals surface area contributed by atoms with Crippen LogP contribution in [0.5, 0.6) is 0 Å². The summed E-state index contributed by atoms with van der Waals surface area (Å²) in [7, 11) is 0. The van der Waals surface area contributed by atoms with Crippen LogP contribution in [0.3, 0.4) is 0 Å². The molecule has 5 nitrogen and oxygen atoms in total. The van der Waals surface area contributed by atoms with Crippen LogP contribution in [-0.2, 0) is 6.61 Å². The van der Waals surface area contributed by atoms with Crippen molar-refractivity contribution in [2.24, 2.45) is 0 Å². The molecule has 1 aliphatic rings. The summed E-state index contributed by atoms with van der Waals surface area (Å²) in [5, 5.41) is 18.7. The molecule has 0 aromatic carbocycles. The Bertz CT molecular complexity index is 399. The smallest absolute Gasteiger partial charge is 0.140 e. The number of aromatic nitrogens is 2. The molecular formula is C12H18ClN3O2.